The fourth-order valence-corrected chi connectivity index (χ4v) is 6.06. The van der Waals surface area contributed by atoms with Crippen LogP contribution in [0.5, 0.6) is 11.5 Å². The van der Waals surface area contributed by atoms with Gasteiger partial charge in [-0.05, 0) is 85.6 Å². The number of rotatable bonds is 8. The molecule has 2 amide bonds. The van der Waals surface area contributed by atoms with E-state index in [4.69, 9.17) is 32.1 Å². The number of benzene rings is 3. The highest BCUT2D eigenvalue weighted by Gasteiger charge is 2.35. The van der Waals surface area contributed by atoms with E-state index in [1.165, 1.54) is 30.3 Å². The molecule has 38 heavy (non-hydrogen) atoms. The van der Waals surface area contributed by atoms with Crippen LogP contribution in [0, 0.1) is 20.8 Å². The minimum atomic E-state index is -4.17. The minimum Gasteiger partial charge on any atom is -0.491 e. The van der Waals surface area contributed by atoms with Crippen LogP contribution in [0.3, 0.4) is 0 Å². The summed E-state index contributed by atoms with van der Waals surface area (Å²) >= 11 is 13.4. The van der Waals surface area contributed by atoms with E-state index in [0.29, 0.717) is 11.3 Å². The van der Waals surface area contributed by atoms with Gasteiger partial charge in [-0.3, -0.25) is 14.5 Å². The van der Waals surface area contributed by atoms with Crippen molar-refractivity contribution in [2.45, 2.75) is 25.7 Å². The molecule has 7 nitrogen and oxygen atoms in total. The standard InChI is InChI=1S/C27H23Cl2NO6S2/c1-16-5-8-20(9-6-16)38(33,34)36-25-21(28)13-19(14-22(25)29)15-24-26(31)30(27(32)37-24)10-11-35-23-12-17(2)4-7-18(23)3/h4-9,12-15H,10-11H2,1-3H3/b24-15-. The summed E-state index contributed by atoms with van der Waals surface area (Å²) < 4.78 is 36.3. The number of nitrogens with zero attached hydrogens (tertiary/aromatic N) is 1. The number of aryl methyl sites for hydroxylation is 3. The molecule has 0 saturated carbocycles. The molecule has 0 aromatic heterocycles. The van der Waals surface area contributed by atoms with E-state index in [2.05, 4.69) is 0 Å². The molecule has 0 atom stereocenters. The molecule has 3 aromatic carbocycles. The fraction of sp³-hybridized carbons (Fsp3) is 0.185. The van der Waals surface area contributed by atoms with E-state index >= 15 is 0 Å². The van der Waals surface area contributed by atoms with Crippen molar-refractivity contribution in [3.05, 3.63) is 91.8 Å². The van der Waals surface area contributed by atoms with Gasteiger partial charge >= 0.3 is 10.1 Å². The van der Waals surface area contributed by atoms with Crippen LogP contribution in [-0.2, 0) is 14.9 Å². The van der Waals surface area contributed by atoms with Gasteiger partial charge < -0.3 is 8.92 Å². The van der Waals surface area contributed by atoms with Crippen molar-refractivity contribution in [2.75, 3.05) is 13.2 Å². The third kappa shape index (κ3) is 6.35. The summed E-state index contributed by atoms with van der Waals surface area (Å²) in [6.45, 7) is 5.93. The molecule has 0 spiro atoms. The SMILES string of the molecule is Cc1ccc(S(=O)(=O)Oc2c(Cl)cc(/C=C3\SC(=O)N(CCOc4cc(C)ccc4C)C3=O)cc2Cl)cc1. The van der Waals surface area contributed by atoms with E-state index in [-0.39, 0.29) is 38.7 Å². The lowest BCUT2D eigenvalue weighted by molar-refractivity contribution is -0.123. The monoisotopic (exact) mass is 591 g/mol. The molecule has 1 saturated heterocycles. The zero-order chi connectivity index (χ0) is 27.6. The number of imide groups is 1. The number of carbonyl (C=O) groups is 2. The van der Waals surface area contributed by atoms with Crippen molar-refractivity contribution >= 4 is 62.3 Å². The van der Waals surface area contributed by atoms with Crippen molar-refractivity contribution in [2.24, 2.45) is 0 Å². The van der Waals surface area contributed by atoms with E-state index in [1.54, 1.807) is 12.1 Å². The Morgan fingerprint density at radius 1 is 0.921 bits per heavy atom. The van der Waals surface area contributed by atoms with Crippen LogP contribution in [0.1, 0.15) is 22.3 Å². The first-order valence-corrected chi connectivity index (χ1v) is 14.4. The smallest absolute Gasteiger partial charge is 0.339 e. The van der Waals surface area contributed by atoms with Crippen LogP contribution in [-0.4, -0.2) is 37.6 Å². The fourth-order valence-electron chi connectivity index (χ4n) is 3.56. The van der Waals surface area contributed by atoms with Crippen molar-refractivity contribution in [1.82, 2.24) is 4.90 Å². The van der Waals surface area contributed by atoms with Gasteiger partial charge in [-0.2, -0.15) is 8.42 Å². The van der Waals surface area contributed by atoms with Crippen molar-refractivity contribution in [3.63, 3.8) is 0 Å². The highest BCUT2D eigenvalue weighted by molar-refractivity contribution is 8.18. The summed E-state index contributed by atoms with van der Waals surface area (Å²) in [7, 11) is -4.17. The lowest BCUT2D eigenvalue weighted by Crippen LogP contribution is -2.32. The number of ether oxygens (including phenoxy) is 1. The summed E-state index contributed by atoms with van der Waals surface area (Å²) in [4.78, 5) is 26.6. The largest absolute Gasteiger partial charge is 0.491 e. The maximum absolute atomic E-state index is 12.9. The topological polar surface area (TPSA) is 90.0 Å². The molecule has 1 aliphatic rings. The Labute approximate surface area is 235 Å². The number of thioether (sulfide) groups is 1. The summed E-state index contributed by atoms with van der Waals surface area (Å²) in [6.07, 6.45) is 1.46. The maximum atomic E-state index is 12.9. The molecular weight excluding hydrogens is 569 g/mol. The Kier molecular flexibility index (Phi) is 8.42. The molecule has 0 N–H and O–H groups in total. The highest BCUT2D eigenvalue weighted by Crippen LogP contribution is 2.38. The molecule has 1 aliphatic heterocycles. The molecule has 0 unspecified atom stereocenters. The second-order valence-corrected chi connectivity index (χ2v) is 12.0. The second-order valence-electron chi connectivity index (χ2n) is 8.61. The zero-order valence-corrected chi connectivity index (χ0v) is 23.8. The predicted octanol–water partition coefficient (Wildman–Crippen LogP) is 6.80. The van der Waals surface area contributed by atoms with Crippen molar-refractivity contribution < 1.29 is 26.9 Å². The zero-order valence-electron chi connectivity index (χ0n) is 20.7. The molecule has 0 bridgehead atoms. The quantitative estimate of drug-likeness (QED) is 0.210. The van der Waals surface area contributed by atoms with Crippen LogP contribution in [0.25, 0.3) is 6.08 Å². The third-order valence-corrected chi connectivity index (χ3v) is 8.32. The summed E-state index contributed by atoms with van der Waals surface area (Å²) in [5.41, 5.74) is 3.29. The second kappa shape index (κ2) is 11.4. The van der Waals surface area contributed by atoms with Gasteiger partial charge in [0.1, 0.15) is 17.3 Å². The summed E-state index contributed by atoms with van der Waals surface area (Å²) in [5, 5.41) is -0.562. The van der Waals surface area contributed by atoms with Gasteiger partial charge in [-0.15, -0.1) is 0 Å². The van der Waals surface area contributed by atoms with Crippen LogP contribution in [0.4, 0.5) is 4.79 Å². The maximum Gasteiger partial charge on any atom is 0.339 e. The molecule has 4 rings (SSSR count). The Bertz CT molecular complexity index is 1530. The molecule has 3 aromatic rings. The first-order valence-electron chi connectivity index (χ1n) is 11.4. The number of amides is 2. The third-order valence-electron chi connectivity index (χ3n) is 5.61. The van der Waals surface area contributed by atoms with Gasteiger partial charge in [0.25, 0.3) is 11.1 Å². The van der Waals surface area contributed by atoms with E-state index in [9.17, 15) is 18.0 Å². The van der Waals surface area contributed by atoms with Gasteiger partial charge in [-0.1, -0.05) is 53.0 Å². The molecular formula is C27H23Cl2NO6S2. The van der Waals surface area contributed by atoms with E-state index in [0.717, 1.165) is 33.4 Å². The van der Waals surface area contributed by atoms with E-state index in [1.807, 2.05) is 39.0 Å². The molecule has 0 radical (unpaired) electrons. The van der Waals surface area contributed by atoms with Gasteiger partial charge in [0.15, 0.2) is 5.75 Å². The summed E-state index contributed by atoms with van der Waals surface area (Å²) in [6, 6.07) is 14.8. The molecule has 1 fully saturated rings. The Hall–Kier alpha value is -2.98. The van der Waals surface area contributed by atoms with Crippen LogP contribution in [0.15, 0.2) is 64.4 Å². The number of hydrogen-bond acceptors (Lipinski definition) is 7. The van der Waals surface area contributed by atoms with Gasteiger partial charge in [0, 0.05) is 0 Å². The van der Waals surface area contributed by atoms with Crippen LogP contribution < -0.4 is 8.92 Å². The van der Waals surface area contributed by atoms with Gasteiger partial charge in [-0.25, -0.2) is 0 Å². The normalized spacial score (nSPS) is 14.9. The minimum absolute atomic E-state index is 0.0467. The lowest BCUT2D eigenvalue weighted by atomic mass is 10.1. The number of halogens is 2. The van der Waals surface area contributed by atoms with Crippen molar-refractivity contribution in [1.29, 1.82) is 0 Å². The number of hydrogen-bond donors (Lipinski definition) is 0. The molecule has 0 aliphatic carbocycles. The first-order chi connectivity index (χ1) is 17.9. The molecule has 198 valence electrons. The molecule has 11 heteroatoms. The van der Waals surface area contributed by atoms with E-state index < -0.39 is 21.3 Å². The Morgan fingerprint density at radius 2 is 1.55 bits per heavy atom. The van der Waals surface area contributed by atoms with Gasteiger partial charge in [0.05, 0.1) is 21.5 Å². The van der Waals surface area contributed by atoms with Crippen LogP contribution in [0.2, 0.25) is 10.0 Å². The average Bonchev–Trinajstić information content (AvgIpc) is 3.11. The lowest BCUT2D eigenvalue weighted by Gasteiger charge is -2.14. The average molecular weight is 593 g/mol. The first kappa shape index (κ1) is 28.0. The van der Waals surface area contributed by atoms with Crippen molar-refractivity contribution in [3.8, 4) is 11.5 Å². The molecule has 1 heterocycles. The Balaban J connectivity index is 1.47. The Morgan fingerprint density at radius 3 is 2.21 bits per heavy atom. The number of carbonyl (C=O) groups excluding carboxylic acids is 2. The highest BCUT2D eigenvalue weighted by atomic mass is 35.5. The summed E-state index contributed by atoms with van der Waals surface area (Å²) in [5.74, 6) is -0.00895. The van der Waals surface area contributed by atoms with Crippen LogP contribution >= 0.6 is 35.0 Å². The predicted molar refractivity (Wildman–Crippen MR) is 150 cm³/mol. The van der Waals surface area contributed by atoms with Gasteiger partial charge in [0.2, 0.25) is 0 Å².